The molecule has 0 spiro atoms. The molecule has 0 saturated heterocycles. The van der Waals surface area contributed by atoms with E-state index >= 15 is 0 Å². The molecule has 3 heteroatoms. The van der Waals surface area contributed by atoms with Crippen molar-refractivity contribution >= 4 is 5.91 Å². The molecule has 0 radical (unpaired) electrons. The van der Waals surface area contributed by atoms with Crippen LogP contribution in [-0.2, 0) is 17.8 Å². The summed E-state index contributed by atoms with van der Waals surface area (Å²) >= 11 is 0. The number of carbonyl (C=O) groups is 1. The lowest BCUT2D eigenvalue weighted by atomic mass is 9.94. The highest BCUT2D eigenvalue weighted by molar-refractivity contribution is 5.82. The number of carbonyl (C=O) groups excluding carboxylic acids is 1. The first-order valence-electron chi connectivity index (χ1n) is 7.84. The van der Waals surface area contributed by atoms with Crippen molar-refractivity contribution in [2.45, 2.75) is 57.7 Å². The van der Waals surface area contributed by atoms with Gasteiger partial charge in [0.05, 0.1) is 6.04 Å². The van der Waals surface area contributed by atoms with E-state index in [9.17, 15) is 4.79 Å². The number of hydrogen-bond acceptors (Lipinski definition) is 2. The zero-order valence-corrected chi connectivity index (χ0v) is 12.2. The molecule has 1 heterocycles. The van der Waals surface area contributed by atoms with Crippen LogP contribution in [0.15, 0.2) is 24.3 Å². The molecule has 3 rings (SSSR count). The van der Waals surface area contributed by atoms with E-state index in [0.29, 0.717) is 12.0 Å². The van der Waals surface area contributed by atoms with E-state index in [4.69, 9.17) is 0 Å². The largest absolute Gasteiger partial charge is 0.352 e. The molecule has 3 nitrogen and oxygen atoms in total. The van der Waals surface area contributed by atoms with Gasteiger partial charge in [-0.3, -0.25) is 4.79 Å². The predicted molar refractivity (Wildman–Crippen MR) is 80.3 cm³/mol. The first kappa shape index (κ1) is 13.6. The lowest BCUT2D eigenvalue weighted by molar-refractivity contribution is -0.124. The SMILES string of the molecule is C[C@H](NC(=O)[C@@H]1Cc2ccccc2CN1)C1CCCC1. The van der Waals surface area contributed by atoms with Gasteiger partial charge < -0.3 is 10.6 Å². The fourth-order valence-electron chi connectivity index (χ4n) is 3.54. The van der Waals surface area contributed by atoms with E-state index < -0.39 is 0 Å². The van der Waals surface area contributed by atoms with Gasteiger partial charge in [0.1, 0.15) is 0 Å². The summed E-state index contributed by atoms with van der Waals surface area (Å²) in [7, 11) is 0. The maximum Gasteiger partial charge on any atom is 0.237 e. The summed E-state index contributed by atoms with van der Waals surface area (Å²) in [6, 6.07) is 8.62. The molecule has 1 aliphatic heterocycles. The van der Waals surface area contributed by atoms with Crippen LogP contribution < -0.4 is 10.6 Å². The second kappa shape index (κ2) is 5.96. The maximum absolute atomic E-state index is 12.4. The molecule has 1 aromatic carbocycles. The third-order valence-electron chi connectivity index (χ3n) is 4.87. The van der Waals surface area contributed by atoms with Gasteiger partial charge in [0.15, 0.2) is 0 Å². The van der Waals surface area contributed by atoms with Crippen LogP contribution in [0.25, 0.3) is 0 Å². The monoisotopic (exact) mass is 272 g/mol. The molecular formula is C17H24N2O. The second-order valence-corrected chi connectivity index (χ2v) is 6.25. The fourth-order valence-corrected chi connectivity index (χ4v) is 3.54. The van der Waals surface area contributed by atoms with E-state index in [-0.39, 0.29) is 11.9 Å². The lowest BCUT2D eigenvalue weighted by Gasteiger charge is -2.28. The number of amides is 1. The first-order valence-corrected chi connectivity index (χ1v) is 7.84. The van der Waals surface area contributed by atoms with Crippen LogP contribution in [0.3, 0.4) is 0 Å². The molecule has 1 fully saturated rings. The number of rotatable bonds is 3. The van der Waals surface area contributed by atoms with Gasteiger partial charge in [-0.15, -0.1) is 0 Å². The van der Waals surface area contributed by atoms with Gasteiger partial charge in [-0.1, -0.05) is 37.1 Å². The van der Waals surface area contributed by atoms with Crippen LogP contribution in [0.5, 0.6) is 0 Å². The van der Waals surface area contributed by atoms with Gasteiger partial charge in [0, 0.05) is 12.6 Å². The third kappa shape index (κ3) is 2.88. The maximum atomic E-state index is 12.4. The number of fused-ring (bicyclic) bond motifs is 1. The van der Waals surface area contributed by atoms with Crippen molar-refractivity contribution < 1.29 is 4.79 Å². The van der Waals surface area contributed by atoms with Crippen molar-refractivity contribution in [2.75, 3.05) is 0 Å². The average Bonchev–Trinajstić information content (AvgIpc) is 3.01. The summed E-state index contributed by atoms with van der Waals surface area (Å²) in [5.74, 6) is 0.841. The molecule has 108 valence electrons. The van der Waals surface area contributed by atoms with Crippen LogP contribution in [0.2, 0.25) is 0 Å². The number of benzene rings is 1. The predicted octanol–water partition coefficient (Wildman–Crippen LogP) is 2.40. The summed E-state index contributed by atoms with van der Waals surface area (Å²) < 4.78 is 0. The fraction of sp³-hybridized carbons (Fsp3) is 0.588. The first-order chi connectivity index (χ1) is 9.74. The van der Waals surface area contributed by atoms with Crippen molar-refractivity contribution in [3.05, 3.63) is 35.4 Å². The number of hydrogen-bond donors (Lipinski definition) is 2. The van der Waals surface area contributed by atoms with Gasteiger partial charge in [0.2, 0.25) is 5.91 Å². The zero-order chi connectivity index (χ0) is 13.9. The smallest absolute Gasteiger partial charge is 0.237 e. The van der Waals surface area contributed by atoms with Crippen molar-refractivity contribution in [3.8, 4) is 0 Å². The molecule has 0 aromatic heterocycles. The van der Waals surface area contributed by atoms with E-state index in [2.05, 4.69) is 41.8 Å². The van der Waals surface area contributed by atoms with Crippen LogP contribution in [0.1, 0.15) is 43.7 Å². The van der Waals surface area contributed by atoms with Crippen molar-refractivity contribution in [1.29, 1.82) is 0 Å². The summed E-state index contributed by atoms with van der Waals surface area (Å²) in [6.45, 7) is 2.96. The molecule has 2 aliphatic rings. The Morgan fingerprint density at radius 1 is 1.25 bits per heavy atom. The molecule has 2 atom stereocenters. The van der Waals surface area contributed by atoms with Crippen molar-refractivity contribution in [3.63, 3.8) is 0 Å². The van der Waals surface area contributed by atoms with Gasteiger partial charge in [-0.2, -0.15) is 0 Å². The quantitative estimate of drug-likeness (QED) is 0.887. The standard InChI is InChI=1S/C17H24N2O/c1-12(13-6-2-3-7-13)19-17(20)16-10-14-8-4-5-9-15(14)11-18-16/h4-5,8-9,12-13,16,18H,2-3,6-7,10-11H2,1H3,(H,19,20)/t12-,16-/m0/s1. The van der Waals surface area contributed by atoms with Crippen LogP contribution >= 0.6 is 0 Å². The Balaban J connectivity index is 1.58. The lowest BCUT2D eigenvalue weighted by Crippen LogP contribution is -2.51. The highest BCUT2D eigenvalue weighted by Gasteiger charge is 2.28. The minimum Gasteiger partial charge on any atom is -0.352 e. The van der Waals surface area contributed by atoms with E-state index in [1.165, 1.54) is 36.8 Å². The van der Waals surface area contributed by atoms with Gasteiger partial charge >= 0.3 is 0 Å². The molecule has 0 bridgehead atoms. The Kier molecular flexibility index (Phi) is 4.06. The van der Waals surface area contributed by atoms with Crippen molar-refractivity contribution in [2.24, 2.45) is 5.92 Å². The Hall–Kier alpha value is -1.35. The summed E-state index contributed by atoms with van der Waals surface area (Å²) in [5.41, 5.74) is 2.63. The summed E-state index contributed by atoms with van der Waals surface area (Å²) in [6.07, 6.45) is 5.98. The number of nitrogens with one attached hydrogen (secondary N) is 2. The topological polar surface area (TPSA) is 41.1 Å². The highest BCUT2D eigenvalue weighted by atomic mass is 16.2. The van der Waals surface area contributed by atoms with E-state index in [0.717, 1.165) is 13.0 Å². The van der Waals surface area contributed by atoms with Gasteiger partial charge in [0.25, 0.3) is 0 Å². The highest BCUT2D eigenvalue weighted by Crippen LogP contribution is 2.27. The minimum absolute atomic E-state index is 0.0752. The van der Waals surface area contributed by atoms with Crippen LogP contribution in [-0.4, -0.2) is 18.0 Å². The third-order valence-corrected chi connectivity index (χ3v) is 4.87. The van der Waals surface area contributed by atoms with Crippen molar-refractivity contribution in [1.82, 2.24) is 10.6 Å². The Labute approximate surface area is 121 Å². The van der Waals surface area contributed by atoms with Gasteiger partial charge in [-0.25, -0.2) is 0 Å². The molecule has 1 amide bonds. The van der Waals surface area contributed by atoms with Crippen LogP contribution in [0, 0.1) is 5.92 Å². The molecule has 2 N–H and O–H groups in total. The Bertz CT molecular complexity index is 480. The van der Waals surface area contributed by atoms with E-state index in [1.54, 1.807) is 0 Å². The minimum atomic E-state index is -0.0752. The summed E-state index contributed by atoms with van der Waals surface area (Å²) in [5, 5.41) is 6.58. The molecule has 0 unspecified atom stereocenters. The Morgan fingerprint density at radius 2 is 1.95 bits per heavy atom. The molecule has 20 heavy (non-hydrogen) atoms. The molecule has 1 aliphatic carbocycles. The van der Waals surface area contributed by atoms with E-state index in [1.807, 2.05) is 0 Å². The molecule has 1 aromatic rings. The van der Waals surface area contributed by atoms with Crippen LogP contribution in [0.4, 0.5) is 0 Å². The normalized spacial score (nSPS) is 24.1. The second-order valence-electron chi connectivity index (χ2n) is 6.25. The summed E-state index contributed by atoms with van der Waals surface area (Å²) in [4.78, 5) is 12.4. The zero-order valence-electron chi connectivity index (χ0n) is 12.2. The molecular weight excluding hydrogens is 248 g/mol. The Morgan fingerprint density at radius 3 is 2.70 bits per heavy atom. The van der Waals surface area contributed by atoms with Gasteiger partial charge in [-0.05, 0) is 43.2 Å². The molecule has 1 saturated carbocycles. The average molecular weight is 272 g/mol.